The van der Waals surface area contributed by atoms with Crippen molar-refractivity contribution >= 4 is 5.97 Å². The first-order chi connectivity index (χ1) is 9.28. The third kappa shape index (κ3) is 4.25. The largest absolute Gasteiger partial charge is 0.469 e. The molecule has 19 heavy (non-hydrogen) atoms. The van der Waals surface area contributed by atoms with Crippen LogP contribution in [0.3, 0.4) is 0 Å². The Labute approximate surface area is 114 Å². The SMILES string of the molecule is COC(=O)CCc1ccc(Cc2ccccc2)cc1. The van der Waals surface area contributed by atoms with Crippen molar-refractivity contribution in [2.75, 3.05) is 7.11 Å². The van der Waals surface area contributed by atoms with Crippen LogP contribution in [0.5, 0.6) is 0 Å². The van der Waals surface area contributed by atoms with Crippen LogP contribution in [-0.2, 0) is 22.4 Å². The number of carbonyl (C=O) groups is 1. The molecule has 0 radical (unpaired) electrons. The highest BCUT2D eigenvalue weighted by Gasteiger charge is 2.02. The van der Waals surface area contributed by atoms with Gasteiger partial charge in [-0.3, -0.25) is 4.79 Å². The first kappa shape index (κ1) is 13.3. The number of rotatable bonds is 5. The second-order valence-electron chi connectivity index (χ2n) is 4.56. The standard InChI is InChI=1S/C17H18O2/c1-19-17(18)12-11-14-7-9-16(10-8-14)13-15-5-3-2-4-6-15/h2-10H,11-13H2,1H3. The molecule has 0 N–H and O–H groups in total. The lowest BCUT2D eigenvalue weighted by molar-refractivity contribution is -0.140. The summed E-state index contributed by atoms with van der Waals surface area (Å²) in [5.41, 5.74) is 3.76. The van der Waals surface area contributed by atoms with E-state index in [0.717, 1.165) is 12.8 Å². The quantitative estimate of drug-likeness (QED) is 0.765. The van der Waals surface area contributed by atoms with E-state index in [2.05, 4.69) is 53.3 Å². The summed E-state index contributed by atoms with van der Waals surface area (Å²) in [6, 6.07) is 18.8. The minimum absolute atomic E-state index is 0.159. The van der Waals surface area contributed by atoms with Crippen molar-refractivity contribution in [1.29, 1.82) is 0 Å². The first-order valence-electron chi connectivity index (χ1n) is 6.46. The third-order valence-electron chi connectivity index (χ3n) is 3.12. The lowest BCUT2D eigenvalue weighted by atomic mass is 10.0. The Kier molecular flexibility index (Phi) is 4.73. The Morgan fingerprint density at radius 1 is 0.895 bits per heavy atom. The molecule has 2 aromatic rings. The van der Waals surface area contributed by atoms with Crippen LogP contribution < -0.4 is 0 Å². The molecule has 0 spiro atoms. The molecule has 0 saturated carbocycles. The Morgan fingerprint density at radius 3 is 2.11 bits per heavy atom. The maximum absolute atomic E-state index is 11.1. The molecule has 0 aliphatic rings. The van der Waals surface area contributed by atoms with E-state index in [9.17, 15) is 4.79 Å². The first-order valence-corrected chi connectivity index (χ1v) is 6.46. The normalized spacial score (nSPS) is 10.2. The van der Waals surface area contributed by atoms with Crippen molar-refractivity contribution in [3.8, 4) is 0 Å². The van der Waals surface area contributed by atoms with Crippen LogP contribution in [0.4, 0.5) is 0 Å². The van der Waals surface area contributed by atoms with Crippen LogP contribution in [0.15, 0.2) is 54.6 Å². The highest BCUT2D eigenvalue weighted by atomic mass is 16.5. The molecular weight excluding hydrogens is 236 g/mol. The highest BCUT2D eigenvalue weighted by molar-refractivity contribution is 5.69. The predicted octanol–water partition coefficient (Wildman–Crippen LogP) is 3.38. The van der Waals surface area contributed by atoms with Gasteiger partial charge in [-0.05, 0) is 29.5 Å². The van der Waals surface area contributed by atoms with Crippen LogP contribution in [-0.4, -0.2) is 13.1 Å². The number of benzene rings is 2. The summed E-state index contributed by atoms with van der Waals surface area (Å²) in [5, 5.41) is 0. The Hall–Kier alpha value is -2.09. The second-order valence-corrected chi connectivity index (χ2v) is 4.56. The Balaban J connectivity index is 1.93. The second kappa shape index (κ2) is 6.74. The van der Waals surface area contributed by atoms with Gasteiger partial charge in [-0.1, -0.05) is 54.6 Å². The van der Waals surface area contributed by atoms with Crippen molar-refractivity contribution in [2.45, 2.75) is 19.3 Å². The third-order valence-corrected chi connectivity index (χ3v) is 3.12. The number of hydrogen-bond donors (Lipinski definition) is 0. The topological polar surface area (TPSA) is 26.3 Å². The summed E-state index contributed by atoms with van der Waals surface area (Å²) >= 11 is 0. The minimum Gasteiger partial charge on any atom is -0.469 e. The molecule has 0 unspecified atom stereocenters. The number of esters is 1. The molecule has 0 aliphatic carbocycles. The average molecular weight is 254 g/mol. The van der Waals surface area contributed by atoms with Crippen LogP contribution in [0, 0.1) is 0 Å². The molecule has 2 aromatic carbocycles. The van der Waals surface area contributed by atoms with Gasteiger partial charge in [-0.2, -0.15) is 0 Å². The molecule has 0 aromatic heterocycles. The molecule has 0 atom stereocenters. The van der Waals surface area contributed by atoms with Crippen LogP contribution in [0.25, 0.3) is 0 Å². The fraction of sp³-hybridized carbons (Fsp3) is 0.235. The summed E-state index contributed by atoms with van der Waals surface area (Å²) < 4.78 is 4.64. The molecule has 2 heteroatoms. The zero-order valence-corrected chi connectivity index (χ0v) is 11.1. The number of ether oxygens (including phenoxy) is 1. The maximum atomic E-state index is 11.1. The van der Waals surface area contributed by atoms with E-state index >= 15 is 0 Å². The average Bonchev–Trinajstić information content (AvgIpc) is 2.47. The molecule has 2 nitrogen and oxygen atoms in total. The van der Waals surface area contributed by atoms with Gasteiger partial charge < -0.3 is 4.74 Å². The maximum Gasteiger partial charge on any atom is 0.305 e. The van der Waals surface area contributed by atoms with Crippen molar-refractivity contribution in [2.24, 2.45) is 0 Å². The fourth-order valence-electron chi connectivity index (χ4n) is 2.00. The summed E-state index contributed by atoms with van der Waals surface area (Å²) in [6.07, 6.45) is 2.12. The van der Waals surface area contributed by atoms with E-state index in [1.54, 1.807) is 0 Å². The van der Waals surface area contributed by atoms with E-state index in [1.807, 2.05) is 6.07 Å². The van der Waals surface area contributed by atoms with Gasteiger partial charge in [0.1, 0.15) is 0 Å². The number of hydrogen-bond acceptors (Lipinski definition) is 2. The van der Waals surface area contributed by atoms with Gasteiger partial charge in [0.25, 0.3) is 0 Å². The van der Waals surface area contributed by atoms with E-state index in [4.69, 9.17) is 0 Å². The van der Waals surface area contributed by atoms with E-state index in [1.165, 1.54) is 23.8 Å². The zero-order chi connectivity index (χ0) is 13.5. The molecule has 0 bridgehead atoms. The van der Waals surface area contributed by atoms with Crippen molar-refractivity contribution < 1.29 is 9.53 Å². The van der Waals surface area contributed by atoms with Crippen LogP contribution in [0.1, 0.15) is 23.1 Å². The van der Waals surface area contributed by atoms with Gasteiger partial charge in [0.05, 0.1) is 7.11 Å². The van der Waals surface area contributed by atoms with Crippen molar-refractivity contribution in [1.82, 2.24) is 0 Å². The number of aryl methyl sites for hydroxylation is 1. The van der Waals surface area contributed by atoms with Gasteiger partial charge in [0.2, 0.25) is 0 Å². The smallest absolute Gasteiger partial charge is 0.305 e. The molecule has 0 aliphatic heterocycles. The number of methoxy groups -OCH3 is 1. The Morgan fingerprint density at radius 2 is 1.47 bits per heavy atom. The van der Waals surface area contributed by atoms with Gasteiger partial charge in [0.15, 0.2) is 0 Å². The highest BCUT2D eigenvalue weighted by Crippen LogP contribution is 2.12. The zero-order valence-electron chi connectivity index (χ0n) is 11.1. The molecule has 0 heterocycles. The lowest BCUT2D eigenvalue weighted by Crippen LogP contribution is -2.01. The van der Waals surface area contributed by atoms with Crippen LogP contribution in [0.2, 0.25) is 0 Å². The molecule has 2 rings (SSSR count). The van der Waals surface area contributed by atoms with Gasteiger partial charge in [0, 0.05) is 6.42 Å². The van der Waals surface area contributed by atoms with E-state index < -0.39 is 0 Å². The monoisotopic (exact) mass is 254 g/mol. The lowest BCUT2D eigenvalue weighted by Gasteiger charge is -2.04. The molecule has 0 fully saturated rings. The van der Waals surface area contributed by atoms with Crippen molar-refractivity contribution in [3.05, 3.63) is 71.3 Å². The van der Waals surface area contributed by atoms with Crippen molar-refractivity contribution in [3.63, 3.8) is 0 Å². The fourth-order valence-corrected chi connectivity index (χ4v) is 2.00. The number of carbonyl (C=O) groups excluding carboxylic acids is 1. The molecule has 0 saturated heterocycles. The summed E-state index contributed by atoms with van der Waals surface area (Å²) in [5.74, 6) is -0.159. The predicted molar refractivity (Wildman–Crippen MR) is 76.0 cm³/mol. The van der Waals surface area contributed by atoms with Gasteiger partial charge in [-0.15, -0.1) is 0 Å². The summed E-state index contributed by atoms with van der Waals surface area (Å²) in [7, 11) is 1.42. The van der Waals surface area contributed by atoms with E-state index in [-0.39, 0.29) is 5.97 Å². The summed E-state index contributed by atoms with van der Waals surface area (Å²) in [6.45, 7) is 0. The Bertz CT molecular complexity index is 515. The van der Waals surface area contributed by atoms with Gasteiger partial charge >= 0.3 is 5.97 Å². The molecular formula is C17H18O2. The van der Waals surface area contributed by atoms with E-state index in [0.29, 0.717) is 6.42 Å². The minimum atomic E-state index is -0.159. The molecule has 98 valence electrons. The molecule has 0 amide bonds. The van der Waals surface area contributed by atoms with Gasteiger partial charge in [-0.25, -0.2) is 0 Å². The summed E-state index contributed by atoms with van der Waals surface area (Å²) in [4.78, 5) is 11.1. The van der Waals surface area contributed by atoms with Crippen LogP contribution >= 0.6 is 0 Å².